The second-order valence-electron chi connectivity index (χ2n) is 6.84. The third-order valence-electron chi connectivity index (χ3n) is 4.57. The van der Waals surface area contributed by atoms with Crippen molar-refractivity contribution in [3.8, 4) is 5.75 Å². The summed E-state index contributed by atoms with van der Waals surface area (Å²) in [5, 5.41) is 2.78. The van der Waals surface area contributed by atoms with Crippen LogP contribution in [0.3, 0.4) is 0 Å². The van der Waals surface area contributed by atoms with Gasteiger partial charge in [0.05, 0.1) is 10.6 Å². The standard InChI is InChI=1S/C23H21ClN2O5S/c1-15(23(28)25-2)31-18-9-11-19(12-10-18)32(29,30)26-21-13-8-17(24)14-20(21)22(27)16-6-4-3-5-7-16/h3-15,26H,1-2H3,(H,25,28)/t15-/m0/s1. The van der Waals surface area contributed by atoms with E-state index >= 15 is 0 Å². The number of carbonyl (C=O) groups excluding carboxylic acids is 2. The van der Waals surface area contributed by atoms with E-state index in [1.54, 1.807) is 37.3 Å². The quantitative estimate of drug-likeness (QED) is 0.484. The average Bonchev–Trinajstić information content (AvgIpc) is 2.80. The first-order valence-corrected chi connectivity index (χ1v) is 11.5. The molecule has 0 aliphatic carbocycles. The maximum absolute atomic E-state index is 12.9. The van der Waals surface area contributed by atoms with E-state index in [2.05, 4.69) is 10.0 Å². The lowest BCUT2D eigenvalue weighted by molar-refractivity contribution is -0.126. The molecule has 32 heavy (non-hydrogen) atoms. The maximum atomic E-state index is 12.9. The minimum atomic E-state index is -4.01. The molecule has 3 aromatic rings. The Morgan fingerprint density at radius 3 is 2.25 bits per heavy atom. The first-order valence-electron chi connectivity index (χ1n) is 9.61. The fourth-order valence-corrected chi connectivity index (χ4v) is 4.15. The molecule has 0 aliphatic heterocycles. The molecule has 3 aromatic carbocycles. The zero-order valence-electron chi connectivity index (χ0n) is 17.3. The summed E-state index contributed by atoms with van der Waals surface area (Å²) in [5.41, 5.74) is 0.644. The summed E-state index contributed by atoms with van der Waals surface area (Å²) in [4.78, 5) is 24.5. The van der Waals surface area contributed by atoms with E-state index in [0.717, 1.165) is 0 Å². The van der Waals surface area contributed by atoms with E-state index in [0.29, 0.717) is 16.3 Å². The van der Waals surface area contributed by atoms with Crippen LogP contribution in [0, 0.1) is 0 Å². The van der Waals surface area contributed by atoms with Crippen LogP contribution in [0.5, 0.6) is 5.75 Å². The second kappa shape index (κ2) is 9.84. The first-order chi connectivity index (χ1) is 15.2. The number of halogens is 1. The van der Waals surface area contributed by atoms with E-state index in [-0.39, 0.29) is 27.8 Å². The molecule has 0 spiro atoms. The number of ether oxygens (including phenoxy) is 1. The van der Waals surface area contributed by atoms with Crippen molar-refractivity contribution in [2.45, 2.75) is 17.9 Å². The Morgan fingerprint density at radius 1 is 0.969 bits per heavy atom. The van der Waals surface area contributed by atoms with E-state index in [9.17, 15) is 18.0 Å². The van der Waals surface area contributed by atoms with Gasteiger partial charge in [0.1, 0.15) is 5.75 Å². The summed E-state index contributed by atoms with van der Waals surface area (Å²) in [7, 11) is -2.51. The monoisotopic (exact) mass is 472 g/mol. The van der Waals surface area contributed by atoms with Gasteiger partial charge in [-0.25, -0.2) is 8.42 Å². The molecule has 0 heterocycles. The number of nitrogens with one attached hydrogen (secondary N) is 2. The van der Waals surface area contributed by atoms with Gasteiger partial charge in [0.2, 0.25) is 0 Å². The highest BCUT2D eigenvalue weighted by molar-refractivity contribution is 7.92. The summed E-state index contributed by atoms with van der Waals surface area (Å²) in [5.74, 6) is -0.328. The zero-order chi connectivity index (χ0) is 23.3. The van der Waals surface area contributed by atoms with Gasteiger partial charge in [0.15, 0.2) is 11.9 Å². The second-order valence-corrected chi connectivity index (χ2v) is 8.96. The van der Waals surface area contributed by atoms with Crippen LogP contribution in [0.2, 0.25) is 5.02 Å². The van der Waals surface area contributed by atoms with Crippen molar-refractivity contribution in [2.24, 2.45) is 0 Å². The van der Waals surface area contributed by atoms with Gasteiger partial charge in [-0.05, 0) is 49.4 Å². The Morgan fingerprint density at radius 2 is 1.62 bits per heavy atom. The van der Waals surface area contributed by atoms with E-state index in [1.165, 1.54) is 49.5 Å². The van der Waals surface area contributed by atoms with Gasteiger partial charge in [-0.1, -0.05) is 41.9 Å². The molecular formula is C23H21ClN2O5S. The molecule has 1 atom stereocenters. The Balaban J connectivity index is 1.85. The normalized spacial score (nSPS) is 12.0. The molecule has 1 amide bonds. The molecule has 0 saturated carbocycles. The summed E-state index contributed by atoms with van der Waals surface area (Å²) in [6.07, 6.45) is -0.735. The van der Waals surface area contributed by atoms with Crippen molar-refractivity contribution in [2.75, 3.05) is 11.8 Å². The van der Waals surface area contributed by atoms with Crippen LogP contribution in [0.15, 0.2) is 77.7 Å². The number of benzene rings is 3. The van der Waals surface area contributed by atoms with Crippen molar-refractivity contribution >= 4 is 39.0 Å². The highest BCUT2D eigenvalue weighted by Crippen LogP contribution is 2.27. The van der Waals surface area contributed by atoms with Crippen LogP contribution in [0.4, 0.5) is 5.69 Å². The molecule has 7 nitrogen and oxygen atoms in total. The maximum Gasteiger partial charge on any atom is 0.261 e. The Hall–Kier alpha value is -3.36. The number of carbonyl (C=O) groups is 2. The van der Waals surface area contributed by atoms with Gasteiger partial charge in [0.25, 0.3) is 15.9 Å². The van der Waals surface area contributed by atoms with Gasteiger partial charge in [-0.15, -0.1) is 0 Å². The Kier molecular flexibility index (Phi) is 7.17. The smallest absolute Gasteiger partial charge is 0.261 e. The molecule has 2 N–H and O–H groups in total. The number of hydrogen-bond donors (Lipinski definition) is 2. The predicted octanol–water partition coefficient (Wildman–Crippen LogP) is 3.89. The highest BCUT2D eigenvalue weighted by atomic mass is 35.5. The van der Waals surface area contributed by atoms with Crippen molar-refractivity contribution in [3.63, 3.8) is 0 Å². The summed E-state index contributed by atoms with van der Waals surface area (Å²) in [6.45, 7) is 1.58. The molecule has 0 aromatic heterocycles. The topological polar surface area (TPSA) is 102 Å². The minimum absolute atomic E-state index is 0.0366. The van der Waals surface area contributed by atoms with Gasteiger partial charge in [-0.3, -0.25) is 14.3 Å². The lowest BCUT2D eigenvalue weighted by Gasteiger charge is -2.15. The molecule has 0 fully saturated rings. The molecule has 9 heteroatoms. The third kappa shape index (κ3) is 5.46. The number of rotatable bonds is 8. The first kappa shape index (κ1) is 23.3. The van der Waals surface area contributed by atoms with E-state index < -0.39 is 16.1 Å². The third-order valence-corrected chi connectivity index (χ3v) is 6.19. The number of sulfonamides is 1. The highest BCUT2D eigenvalue weighted by Gasteiger charge is 2.21. The molecule has 0 aliphatic rings. The molecule has 0 bridgehead atoms. The Bertz CT molecular complexity index is 1230. The number of amides is 1. The molecule has 0 unspecified atom stereocenters. The average molecular weight is 473 g/mol. The fourth-order valence-electron chi connectivity index (χ4n) is 2.90. The number of ketones is 1. The van der Waals surface area contributed by atoms with Crippen LogP contribution in [0.25, 0.3) is 0 Å². The molecule has 166 valence electrons. The number of anilines is 1. The summed E-state index contributed by atoms with van der Waals surface area (Å²) >= 11 is 6.06. The van der Waals surface area contributed by atoms with Crippen LogP contribution in [0.1, 0.15) is 22.8 Å². The largest absolute Gasteiger partial charge is 0.481 e. The van der Waals surface area contributed by atoms with Crippen molar-refractivity contribution in [1.82, 2.24) is 5.32 Å². The fraction of sp³-hybridized carbons (Fsp3) is 0.130. The van der Waals surface area contributed by atoms with Crippen molar-refractivity contribution < 1.29 is 22.7 Å². The van der Waals surface area contributed by atoms with Crippen molar-refractivity contribution in [3.05, 3.63) is 88.9 Å². The van der Waals surface area contributed by atoms with E-state index in [1.807, 2.05) is 0 Å². The van der Waals surface area contributed by atoms with Crippen LogP contribution < -0.4 is 14.8 Å². The summed E-state index contributed by atoms with van der Waals surface area (Å²) in [6, 6.07) is 18.5. The van der Waals surface area contributed by atoms with Crippen molar-refractivity contribution in [1.29, 1.82) is 0 Å². The lowest BCUT2D eigenvalue weighted by Crippen LogP contribution is -2.33. The molecule has 0 radical (unpaired) electrons. The lowest BCUT2D eigenvalue weighted by atomic mass is 10.0. The van der Waals surface area contributed by atoms with Gasteiger partial charge < -0.3 is 10.1 Å². The molecular weight excluding hydrogens is 452 g/mol. The predicted molar refractivity (Wildman–Crippen MR) is 123 cm³/mol. The van der Waals surface area contributed by atoms with Gasteiger partial charge in [-0.2, -0.15) is 0 Å². The minimum Gasteiger partial charge on any atom is -0.481 e. The summed E-state index contributed by atoms with van der Waals surface area (Å²) < 4.78 is 33.8. The number of hydrogen-bond acceptors (Lipinski definition) is 5. The van der Waals surface area contributed by atoms with Crippen LogP contribution >= 0.6 is 11.6 Å². The SMILES string of the molecule is CNC(=O)[C@H](C)Oc1ccc(S(=O)(=O)Nc2ccc(Cl)cc2C(=O)c2ccccc2)cc1. The van der Waals surface area contributed by atoms with Crippen LogP contribution in [-0.2, 0) is 14.8 Å². The Labute approximate surface area is 191 Å². The number of likely N-dealkylation sites (N-methyl/N-ethyl adjacent to an activating group) is 1. The molecule has 0 saturated heterocycles. The van der Waals surface area contributed by atoms with Crippen LogP contribution in [-0.4, -0.2) is 33.3 Å². The van der Waals surface area contributed by atoms with Gasteiger partial charge in [0, 0.05) is 23.2 Å². The van der Waals surface area contributed by atoms with Gasteiger partial charge >= 0.3 is 0 Å². The molecule has 3 rings (SSSR count). The van der Waals surface area contributed by atoms with E-state index in [4.69, 9.17) is 16.3 Å². The zero-order valence-corrected chi connectivity index (χ0v) is 18.9.